The van der Waals surface area contributed by atoms with E-state index < -0.39 is 0 Å². The summed E-state index contributed by atoms with van der Waals surface area (Å²) < 4.78 is 1.73. The highest BCUT2D eigenvalue weighted by Crippen LogP contribution is 2.23. The third kappa shape index (κ3) is 2.57. The minimum atomic E-state index is -0.137. The molecule has 1 aromatic carbocycles. The van der Waals surface area contributed by atoms with Gasteiger partial charge in [-0.25, -0.2) is 4.68 Å². The van der Waals surface area contributed by atoms with Crippen LogP contribution in [0, 0.1) is 6.92 Å². The SMILES string of the molecule is Cc1cccc(-c2c(CO)nnn2CCCO)c1. The Balaban J connectivity index is 2.43. The maximum Gasteiger partial charge on any atom is 0.116 e. The van der Waals surface area contributed by atoms with E-state index in [1.807, 2.05) is 31.2 Å². The molecular weight excluding hydrogens is 230 g/mol. The van der Waals surface area contributed by atoms with Crippen molar-refractivity contribution in [2.24, 2.45) is 0 Å². The van der Waals surface area contributed by atoms with Crippen molar-refractivity contribution in [2.75, 3.05) is 6.61 Å². The van der Waals surface area contributed by atoms with E-state index in [9.17, 15) is 5.11 Å². The van der Waals surface area contributed by atoms with Crippen LogP contribution in [0.3, 0.4) is 0 Å². The fourth-order valence-electron chi connectivity index (χ4n) is 1.94. The normalized spacial score (nSPS) is 10.8. The highest BCUT2D eigenvalue weighted by Gasteiger charge is 2.13. The molecule has 0 aliphatic carbocycles. The molecule has 1 heterocycles. The first-order chi connectivity index (χ1) is 8.76. The van der Waals surface area contributed by atoms with Crippen LogP contribution >= 0.6 is 0 Å². The predicted molar refractivity (Wildman–Crippen MR) is 67.8 cm³/mol. The lowest BCUT2D eigenvalue weighted by molar-refractivity contribution is 0.276. The van der Waals surface area contributed by atoms with Gasteiger partial charge in [0.1, 0.15) is 5.69 Å². The van der Waals surface area contributed by atoms with Gasteiger partial charge in [0.15, 0.2) is 0 Å². The van der Waals surface area contributed by atoms with Gasteiger partial charge < -0.3 is 10.2 Å². The second-order valence-electron chi connectivity index (χ2n) is 4.21. The topological polar surface area (TPSA) is 71.2 Å². The maximum atomic E-state index is 9.32. The summed E-state index contributed by atoms with van der Waals surface area (Å²) in [7, 11) is 0. The average molecular weight is 247 g/mol. The largest absolute Gasteiger partial charge is 0.396 e. The summed E-state index contributed by atoms with van der Waals surface area (Å²) in [4.78, 5) is 0. The minimum absolute atomic E-state index is 0.113. The molecule has 0 unspecified atom stereocenters. The quantitative estimate of drug-likeness (QED) is 0.830. The van der Waals surface area contributed by atoms with E-state index in [2.05, 4.69) is 10.3 Å². The first-order valence-electron chi connectivity index (χ1n) is 5.97. The van der Waals surface area contributed by atoms with Crippen LogP contribution in [0.2, 0.25) is 0 Å². The number of aliphatic hydroxyl groups is 2. The first-order valence-corrected chi connectivity index (χ1v) is 5.97. The molecule has 0 amide bonds. The number of aryl methyl sites for hydroxylation is 2. The fraction of sp³-hybridized carbons (Fsp3) is 0.385. The minimum Gasteiger partial charge on any atom is -0.396 e. The number of rotatable bonds is 5. The summed E-state index contributed by atoms with van der Waals surface area (Å²) in [5, 5.41) is 26.2. The molecule has 0 fully saturated rings. The number of hydrogen-bond donors (Lipinski definition) is 2. The van der Waals surface area contributed by atoms with Crippen molar-refractivity contribution < 1.29 is 10.2 Å². The molecule has 0 radical (unpaired) electrons. The zero-order valence-corrected chi connectivity index (χ0v) is 10.4. The Morgan fingerprint density at radius 2 is 2.11 bits per heavy atom. The molecule has 0 spiro atoms. The van der Waals surface area contributed by atoms with Crippen molar-refractivity contribution >= 4 is 0 Å². The lowest BCUT2D eigenvalue weighted by Gasteiger charge is -2.07. The van der Waals surface area contributed by atoms with Gasteiger partial charge in [0.25, 0.3) is 0 Å². The van der Waals surface area contributed by atoms with E-state index in [1.165, 1.54) is 0 Å². The van der Waals surface area contributed by atoms with Crippen LogP contribution in [-0.2, 0) is 13.2 Å². The third-order valence-electron chi connectivity index (χ3n) is 2.77. The molecule has 18 heavy (non-hydrogen) atoms. The van der Waals surface area contributed by atoms with Gasteiger partial charge in [0.05, 0.1) is 12.3 Å². The summed E-state index contributed by atoms with van der Waals surface area (Å²) in [5.41, 5.74) is 3.53. The number of benzene rings is 1. The Labute approximate surface area is 106 Å². The number of nitrogens with zero attached hydrogens (tertiary/aromatic N) is 3. The van der Waals surface area contributed by atoms with Crippen molar-refractivity contribution in [3.63, 3.8) is 0 Å². The molecule has 5 heteroatoms. The highest BCUT2D eigenvalue weighted by molar-refractivity contribution is 5.62. The Bertz CT molecular complexity index is 523. The summed E-state index contributed by atoms with van der Waals surface area (Å²) >= 11 is 0. The van der Waals surface area contributed by atoms with E-state index in [1.54, 1.807) is 4.68 Å². The molecule has 0 bridgehead atoms. The van der Waals surface area contributed by atoms with Crippen molar-refractivity contribution in [2.45, 2.75) is 26.5 Å². The molecule has 0 atom stereocenters. The molecule has 2 rings (SSSR count). The van der Waals surface area contributed by atoms with Crippen LogP contribution < -0.4 is 0 Å². The van der Waals surface area contributed by atoms with Gasteiger partial charge in [0, 0.05) is 18.7 Å². The van der Waals surface area contributed by atoms with Gasteiger partial charge in [0.2, 0.25) is 0 Å². The van der Waals surface area contributed by atoms with Crippen molar-refractivity contribution in [1.82, 2.24) is 15.0 Å². The van der Waals surface area contributed by atoms with Gasteiger partial charge in [-0.15, -0.1) is 5.10 Å². The van der Waals surface area contributed by atoms with E-state index in [4.69, 9.17) is 5.11 Å². The number of hydrogen-bond acceptors (Lipinski definition) is 4. The lowest BCUT2D eigenvalue weighted by atomic mass is 10.1. The van der Waals surface area contributed by atoms with E-state index in [0.29, 0.717) is 18.7 Å². The van der Waals surface area contributed by atoms with Gasteiger partial charge in [-0.05, 0) is 19.4 Å². The smallest absolute Gasteiger partial charge is 0.116 e. The van der Waals surface area contributed by atoms with Crippen LogP contribution in [0.5, 0.6) is 0 Å². The maximum absolute atomic E-state index is 9.32. The summed E-state index contributed by atoms with van der Waals surface area (Å²) in [6.45, 7) is 2.58. The summed E-state index contributed by atoms with van der Waals surface area (Å²) in [6.07, 6.45) is 0.618. The van der Waals surface area contributed by atoms with Gasteiger partial charge >= 0.3 is 0 Å². The van der Waals surface area contributed by atoms with Crippen molar-refractivity contribution in [3.8, 4) is 11.3 Å². The van der Waals surface area contributed by atoms with Crippen LogP contribution in [0.25, 0.3) is 11.3 Å². The van der Waals surface area contributed by atoms with E-state index in [-0.39, 0.29) is 13.2 Å². The molecule has 0 saturated heterocycles. The Hall–Kier alpha value is -1.72. The summed E-state index contributed by atoms with van der Waals surface area (Å²) in [6, 6.07) is 7.99. The lowest BCUT2D eigenvalue weighted by Crippen LogP contribution is -2.05. The molecular formula is C13H17N3O2. The standard InChI is InChI=1S/C13H17N3O2/c1-10-4-2-5-11(8-10)13-12(9-18)14-15-16(13)6-3-7-17/h2,4-5,8,17-18H,3,6-7,9H2,1H3. The summed E-state index contributed by atoms with van der Waals surface area (Å²) in [5.74, 6) is 0. The molecule has 2 aromatic rings. The Kier molecular flexibility index (Phi) is 4.07. The molecule has 0 aliphatic rings. The monoisotopic (exact) mass is 247 g/mol. The molecule has 2 N–H and O–H groups in total. The first kappa shape index (κ1) is 12.7. The van der Waals surface area contributed by atoms with Crippen LogP contribution in [-0.4, -0.2) is 31.8 Å². The van der Waals surface area contributed by atoms with Crippen LogP contribution in [0.1, 0.15) is 17.7 Å². The van der Waals surface area contributed by atoms with Gasteiger partial charge in [-0.2, -0.15) is 0 Å². The molecule has 1 aromatic heterocycles. The average Bonchev–Trinajstić information content (AvgIpc) is 2.79. The number of aliphatic hydroxyl groups excluding tert-OH is 2. The fourth-order valence-corrected chi connectivity index (χ4v) is 1.94. The zero-order valence-electron chi connectivity index (χ0n) is 10.4. The molecule has 0 saturated carbocycles. The Morgan fingerprint density at radius 1 is 1.28 bits per heavy atom. The number of aromatic nitrogens is 3. The van der Waals surface area contributed by atoms with Crippen LogP contribution in [0.15, 0.2) is 24.3 Å². The molecule has 96 valence electrons. The van der Waals surface area contributed by atoms with Crippen molar-refractivity contribution in [1.29, 1.82) is 0 Å². The Morgan fingerprint density at radius 3 is 2.78 bits per heavy atom. The molecule has 5 nitrogen and oxygen atoms in total. The third-order valence-corrected chi connectivity index (χ3v) is 2.77. The molecule has 0 aliphatic heterocycles. The van der Waals surface area contributed by atoms with Gasteiger partial charge in [-0.3, -0.25) is 0 Å². The second kappa shape index (κ2) is 5.75. The second-order valence-corrected chi connectivity index (χ2v) is 4.21. The highest BCUT2D eigenvalue weighted by atomic mass is 16.3. The van der Waals surface area contributed by atoms with Crippen LogP contribution in [0.4, 0.5) is 0 Å². The van der Waals surface area contributed by atoms with E-state index >= 15 is 0 Å². The predicted octanol–water partition coefficient (Wildman–Crippen LogP) is 1.13. The zero-order chi connectivity index (χ0) is 13.0. The van der Waals surface area contributed by atoms with Gasteiger partial charge in [-0.1, -0.05) is 29.0 Å². The van der Waals surface area contributed by atoms with Crippen molar-refractivity contribution in [3.05, 3.63) is 35.5 Å². The van der Waals surface area contributed by atoms with E-state index in [0.717, 1.165) is 16.8 Å².